The number of hydrogen-bond donors (Lipinski definition) is 1. The highest BCUT2D eigenvalue weighted by Gasteiger charge is 2.21. The van der Waals surface area contributed by atoms with Gasteiger partial charge in [-0.25, -0.2) is 4.98 Å². The van der Waals surface area contributed by atoms with E-state index in [-0.39, 0.29) is 5.91 Å². The molecule has 0 saturated heterocycles. The fourth-order valence-corrected chi connectivity index (χ4v) is 5.16. The van der Waals surface area contributed by atoms with Crippen molar-refractivity contribution in [2.45, 2.75) is 36.8 Å². The normalized spacial score (nSPS) is 12.2. The molecule has 1 aliphatic heterocycles. The van der Waals surface area contributed by atoms with Crippen molar-refractivity contribution in [1.29, 1.82) is 0 Å². The van der Waals surface area contributed by atoms with E-state index >= 15 is 0 Å². The molecule has 0 fully saturated rings. The molecular weight excluding hydrogens is 388 g/mol. The Hall–Kier alpha value is -2.31. The topological polar surface area (TPSA) is 51.2 Å². The summed E-state index contributed by atoms with van der Waals surface area (Å²) in [6.45, 7) is 2.88. The predicted octanol–water partition coefficient (Wildman–Crippen LogP) is 6.24. The SMILES string of the molecule is CCCCCOc1ccc(C(=O)Nc2nc3c(s2)CSc2ccccc2-3)cc1. The number of nitrogens with one attached hydrogen (secondary N) is 1. The maximum Gasteiger partial charge on any atom is 0.257 e. The molecule has 1 aliphatic rings. The van der Waals surface area contributed by atoms with Crippen LogP contribution in [0.4, 0.5) is 5.13 Å². The van der Waals surface area contributed by atoms with Crippen molar-refractivity contribution in [1.82, 2.24) is 4.98 Å². The van der Waals surface area contributed by atoms with Crippen LogP contribution < -0.4 is 10.1 Å². The number of amides is 1. The van der Waals surface area contributed by atoms with Crippen LogP contribution in [0, 0.1) is 0 Å². The lowest BCUT2D eigenvalue weighted by atomic mass is 10.1. The Kier molecular flexibility index (Phi) is 5.98. The van der Waals surface area contributed by atoms with E-state index in [0.29, 0.717) is 17.3 Å². The van der Waals surface area contributed by atoms with E-state index in [1.54, 1.807) is 23.5 Å². The minimum atomic E-state index is -0.149. The maximum atomic E-state index is 12.6. The average Bonchev–Trinajstić information content (AvgIpc) is 3.14. The van der Waals surface area contributed by atoms with Crippen LogP contribution in [0.2, 0.25) is 0 Å². The van der Waals surface area contributed by atoms with Gasteiger partial charge < -0.3 is 4.74 Å². The summed E-state index contributed by atoms with van der Waals surface area (Å²) in [5, 5.41) is 3.59. The zero-order chi connectivity index (χ0) is 19.3. The zero-order valence-corrected chi connectivity index (χ0v) is 17.4. The van der Waals surface area contributed by atoms with Crippen molar-refractivity contribution in [3.8, 4) is 17.0 Å². The molecule has 0 radical (unpaired) electrons. The van der Waals surface area contributed by atoms with Gasteiger partial charge in [-0.2, -0.15) is 0 Å². The molecule has 3 aromatic rings. The van der Waals surface area contributed by atoms with Crippen LogP contribution in [0.1, 0.15) is 41.4 Å². The lowest BCUT2D eigenvalue weighted by Crippen LogP contribution is -2.11. The molecule has 0 spiro atoms. The Labute approximate surface area is 173 Å². The maximum absolute atomic E-state index is 12.6. The Morgan fingerprint density at radius 2 is 1.96 bits per heavy atom. The number of rotatable bonds is 7. The number of hydrogen-bond acceptors (Lipinski definition) is 5. The van der Waals surface area contributed by atoms with Crippen LogP contribution in [0.25, 0.3) is 11.3 Å². The smallest absolute Gasteiger partial charge is 0.257 e. The van der Waals surface area contributed by atoms with Gasteiger partial charge in [0.1, 0.15) is 5.75 Å². The average molecular weight is 411 g/mol. The summed E-state index contributed by atoms with van der Waals surface area (Å²) in [6, 6.07) is 15.6. The van der Waals surface area contributed by atoms with Crippen LogP contribution in [0.5, 0.6) is 5.75 Å². The van der Waals surface area contributed by atoms with Crippen LogP contribution in [0.3, 0.4) is 0 Å². The third-order valence-electron chi connectivity index (χ3n) is 4.55. The largest absolute Gasteiger partial charge is 0.494 e. The van der Waals surface area contributed by atoms with Crippen LogP contribution in [0.15, 0.2) is 53.4 Å². The second kappa shape index (κ2) is 8.80. The summed E-state index contributed by atoms with van der Waals surface area (Å²) in [7, 11) is 0. The molecule has 1 N–H and O–H groups in total. The molecule has 4 nitrogen and oxygen atoms in total. The molecule has 28 heavy (non-hydrogen) atoms. The van der Waals surface area contributed by atoms with Gasteiger partial charge in [0, 0.05) is 26.7 Å². The number of fused-ring (bicyclic) bond motifs is 3. The summed E-state index contributed by atoms with van der Waals surface area (Å²) in [5.41, 5.74) is 2.74. The van der Waals surface area contributed by atoms with E-state index in [0.717, 1.165) is 29.2 Å². The van der Waals surface area contributed by atoms with Crippen molar-refractivity contribution in [2.75, 3.05) is 11.9 Å². The third-order valence-corrected chi connectivity index (χ3v) is 6.81. The first kappa shape index (κ1) is 19.0. The lowest BCUT2D eigenvalue weighted by molar-refractivity contribution is 0.102. The van der Waals surface area contributed by atoms with E-state index in [1.807, 2.05) is 36.0 Å². The Balaban J connectivity index is 1.42. The number of thioether (sulfide) groups is 1. The van der Waals surface area contributed by atoms with E-state index in [2.05, 4.69) is 29.4 Å². The quantitative estimate of drug-likeness (QED) is 0.469. The number of benzene rings is 2. The molecule has 6 heteroatoms. The molecule has 0 unspecified atom stereocenters. The monoisotopic (exact) mass is 410 g/mol. The van der Waals surface area contributed by atoms with Gasteiger partial charge in [0.25, 0.3) is 5.91 Å². The van der Waals surface area contributed by atoms with Gasteiger partial charge in [-0.15, -0.1) is 23.1 Å². The molecule has 0 saturated carbocycles. The number of nitrogens with zero attached hydrogens (tertiary/aromatic N) is 1. The summed E-state index contributed by atoms with van der Waals surface area (Å²) in [6.07, 6.45) is 3.39. The number of thiazole rings is 1. The zero-order valence-electron chi connectivity index (χ0n) is 15.7. The van der Waals surface area contributed by atoms with Gasteiger partial charge in [-0.05, 0) is 36.8 Å². The Morgan fingerprint density at radius 1 is 1.14 bits per heavy atom. The lowest BCUT2D eigenvalue weighted by Gasteiger charge is -2.13. The Bertz CT molecular complexity index is 967. The molecule has 2 aromatic carbocycles. The number of ether oxygens (including phenoxy) is 1. The predicted molar refractivity (Wildman–Crippen MR) is 117 cm³/mol. The van der Waals surface area contributed by atoms with Gasteiger partial charge in [-0.1, -0.05) is 38.0 Å². The van der Waals surface area contributed by atoms with Crippen LogP contribution >= 0.6 is 23.1 Å². The molecule has 144 valence electrons. The number of carbonyl (C=O) groups excluding carboxylic acids is 1. The molecule has 1 amide bonds. The summed E-state index contributed by atoms with van der Waals surface area (Å²) >= 11 is 3.37. The van der Waals surface area contributed by atoms with Gasteiger partial charge >= 0.3 is 0 Å². The fourth-order valence-electron chi connectivity index (χ4n) is 3.06. The number of anilines is 1. The van der Waals surface area contributed by atoms with Crippen molar-refractivity contribution in [2.24, 2.45) is 0 Å². The van der Waals surface area contributed by atoms with Crippen LogP contribution in [-0.4, -0.2) is 17.5 Å². The first-order valence-electron chi connectivity index (χ1n) is 9.50. The minimum absolute atomic E-state index is 0.149. The van der Waals surface area contributed by atoms with E-state index in [1.165, 1.54) is 22.6 Å². The second-order valence-corrected chi connectivity index (χ2v) is 8.71. The van der Waals surface area contributed by atoms with E-state index < -0.39 is 0 Å². The highest BCUT2D eigenvalue weighted by Crippen LogP contribution is 2.44. The van der Waals surface area contributed by atoms with E-state index in [9.17, 15) is 4.79 Å². The van der Waals surface area contributed by atoms with Crippen molar-refractivity contribution < 1.29 is 9.53 Å². The van der Waals surface area contributed by atoms with Gasteiger partial charge in [0.2, 0.25) is 0 Å². The van der Waals surface area contributed by atoms with Gasteiger partial charge in [-0.3, -0.25) is 10.1 Å². The van der Waals surface area contributed by atoms with Gasteiger partial charge in [0.15, 0.2) is 5.13 Å². The molecule has 4 rings (SSSR count). The molecule has 0 aliphatic carbocycles. The first-order chi connectivity index (χ1) is 13.7. The molecule has 0 bridgehead atoms. The van der Waals surface area contributed by atoms with Crippen molar-refractivity contribution in [3.63, 3.8) is 0 Å². The molecular formula is C22H22N2O2S2. The molecule has 1 aromatic heterocycles. The first-order valence-corrected chi connectivity index (χ1v) is 11.3. The number of unbranched alkanes of at least 4 members (excludes halogenated alkanes) is 2. The summed E-state index contributed by atoms with van der Waals surface area (Å²) in [5.74, 6) is 1.54. The van der Waals surface area contributed by atoms with Crippen LogP contribution in [-0.2, 0) is 5.75 Å². The number of aromatic nitrogens is 1. The van der Waals surface area contributed by atoms with E-state index in [4.69, 9.17) is 4.74 Å². The third kappa shape index (κ3) is 4.23. The second-order valence-electron chi connectivity index (χ2n) is 6.61. The highest BCUT2D eigenvalue weighted by molar-refractivity contribution is 7.98. The Morgan fingerprint density at radius 3 is 2.79 bits per heavy atom. The molecule has 2 heterocycles. The molecule has 0 atom stereocenters. The van der Waals surface area contributed by atoms with Crippen molar-refractivity contribution >= 4 is 34.1 Å². The fraction of sp³-hybridized carbons (Fsp3) is 0.273. The minimum Gasteiger partial charge on any atom is -0.494 e. The van der Waals surface area contributed by atoms with Gasteiger partial charge in [0.05, 0.1) is 12.3 Å². The highest BCUT2D eigenvalue weighted by atomic mass is 32.2. The summed E-state index contributed by atoms with van der Waals surface area (Å²) < 4.78 is 5.71. The van der Waals surface area contributed by atoms with Crippen molar-refractivity contribution in [3.05, 3.63) is 59.0 Å². The standard InChI is InChI=1S/C22H22N2O2S2/c1-2-3-6-13-26-16-11-9-15(10-12-16)21(25)24-22-23-20-17-7-4-5-8-18(17)27-14-19(20)28-22/h4-5,7-12H,2-3,6,13-14H2,1H3,(H,23,24,25). The number of carbonyl (C=O) groups is 1. The summed E-state index contributed by atoms with van der Waals surface area (Å²) in [4.78, 5) is 19.7.